The lowest BCUT2D eigenvalue weighted by Crippen LogP contribution is -2.20. The van der Waals surface area contributed by atoms with Crippen molar-refractivity contribution in [2.75, 3.05) is 16.6 Å². The molecule has 0 aliphatic rings. The SMILES string of the molecule is Cc1ccc(OCC(=O)Nc2ccc(S(=O)(=O)Nc3ccccc3C)cc2)cc1. The molecular weight excluding hydrogens is 388 g/mol. The first kappa shape index (κ1) is 20.4. The van der Waals surface area contributed by atoms with Crippen LogP contribution in [0, 0.1) is 13.8 Å². The number of sulfonamides is 1. The van der Waals surface area contributed by atoms with Crippen LogP contribution in [-0.4, -0.2) is 20.9 Å². The molecule has 3 aromatic rings. The summed E-state index contributed by atoms with van der Waals surface area (Å²) in [5.74, 6) is 0.272. The number of para-hydroxylation sites is 1. The highest BCUT2D eigenvalue weighted by atomic mass is 32.2. The molecule has 6 nitrogen and oxygen atoms in total. The zero-order valence-electron chi connectivity index (χ0n) is 16.2. The van der Waals surface area contributed by atoms with Gasteiger partial charge in [-0.05, 0) is 61.9 Å². The zero-order chi connectivity index (χ0) is 20.9. The van der Waals surface area contributed by atoms with Gasteiger partial charge < -0.3 is 10.1 Å². The highest BCUT2D eigenvalue weighted by molar-refractivity contribution is 7.92. The van der Waals surface area contributed by atoms with Crippen LogP contribution >= 0.6 is 0 Å². The standard InChI is InChI=1S/C22H22N2O4S/c1-16-7-11-19(12-8-16)28-15-22(25)23-18-9-13-20(14-10-18)29(26,27)24-21-6-4-3-5-17(21)2/h3-14,24H,15H2,1-2H3,(H,23,25). The molecule has 150 valence electrons. The molecule has 0 heterocycles. The number of nitrogens with one attached hydrogen (secondary N) is 2. The Bertz CT molecular complexity index is 1090. The van der Waals surface area contributed by atoms with Gasteiger partial charge in [0.2, 0.25) is 0 Å². The van der Waals surface area contributed by atoms with Gasteiger partial charge in [-0.1, -0.05) is 35.9 Å². The van der Waals surface area contributed by atoms with Gasteiger partial charge >= 0.3 is 0 Å². The fourth-order valence-electron chi connectivity index (χ4n) is 2.59. The van der Waals surface area contributed by atoms with Crippen molar-refractivity contribution in [3.05, 3.63) is 83.9 Å². The molecule has 0 aliphatic heterocycles. The number of anilines is 2. The van der Waals surface area contributed by atoms with E-state index in [-0.39, 0.29) is 17.4 Å². The number of carbonyl (C=O) groups is 1. The van der Waals surface area contributed by atoms with Crippen LogP contribution in [0.2, 0.25) is 0 Å². The highest BCUT2D eigenvalue weighted by Gasteiger charge is 2.15. The number of ether oxygens (including phenoxy) is 1. The van der Waals surface area contributed by atoms with E-state index < -0.39 is 10.0 Å². The third-order valence-electron chi connectivity index (χ3n) is 4.23. The predicted octanol–water partition coefficient (Wildman–Crippen LogP) is 4.12. The monoisotopic (exact) mass is 410 g/mol. The average Bonchev–Trinajstić information content (AvgIpc) is 2.70. The lowest BCUT2D eigenvalue weighted by Gasteiger charge is -2.11. The van der Waals surface area contributed by atoms with E-state index >= 15 is 0 Å². The Balaban J connectivity index is 1.59. The van der Waals surface area contributed by atoms with Crippen LogP contribution in [0.5, 0.6) is 5.75 Å². The molecule has 0 aliphatic carbocycles. The summed E-state index contributed by atoms with van der Waals surface area (Å²) in [7, 11) is -3.72. The number of hydrogen-bond acceptors (Lipinski definition) is 4. The number of hydrogen-bond donors (Lipinski definition) is 2. The van der Waals surface area contributed by atoms with E-state index in [2.05, 4.69) is 10.0 Å². The van der Waals surface area contributed by atoms with E-state index in [1.807, 2.05) is 38.1 Å². The van der Waals surface area contributed by atoms with E-state index in [4.69, 9.17) is 4.74 Å². The molecule has 3 aromatic carbocycles. The van der Waals surface area contributed by atoms with Crippen LogP contribution in [-0.2, 0) is 14.8 Å². The van der Waals surface area contributed by atoms with Crippen LogP contribution in [0.3, 0.4) is 0 Å². The summed E-state index contributed by atoms with van der Waals surface area (Å²) in [4.78, 5) is 12.2. The molecule has 0 aromatic heterocycles. The van der Waals surface area contributed by atoms with Gasteiger partial charge in [-0.3, -0.25) is 9.52 Å². The molecule has 29 heavy (non-hydrogen) atoms. The van der Waals surface area contributed by atoms with Crippen LogP contribution < -0.4 is 14.8 Å². The number of carbonyl (C=O) groups excluding carboxylic acids is 1. The molecule has 3 rings (SSSR count). The molecule has 1 amide bonds. The van der Waals surface area contributed by atoms with E-state index in [9.17, 15) is 13.2 Å². The van der Waals surface area contributed by atoms with Crippen molar-refractivity contribution in [2.45, 2.75) is 18.7 Å². The minimum atomic E-state index is -3.72. The van der Waals surface area contributed by atoms with Crippen LogP contribution in [0.25, 0.3) is 0 Å². The summed E-state index contributed by atoms with van der Waals surface area (Å²) in [6, 6.07) is 20.5. The summed E-state index contributed by atoms with van der Waals surface area (Å²) in [6.07, 6.45) is 0. The molecule has 0 atom stereocenters. The number of aryl methyl sites for hydroxylation is 2. The topological polar surface area (TPSA) is 84.5 Å². The van der Waals surface area contributed by atoms with Crippen LogP contribution in [0.15, 0.2) is 77.7 Å². The van der Waals surface area contributed by atoms with Crippen molar-refractivity contribution in [3.63, 3.8) is 0 Å². The van der Waals surface area contributed by atoms with Gasteiger partial charge in [0.1, 0.15) is 5.75 Å². The van der Waals surface area contributed by atoms with Crippen molar-refractivity contribution >= 4 is 27.3 Å². The first-order valence-electron chi connectivity index (χ1n) is 9.01. The van der Waals surface area contributed by atoms with Crippen molar-refractivity contribution in [3.8, 4) is 5.75 Å². The fraction of sp³-hybridized carbons (Fsp3) is 0.136. The summed E-state index contributed by atoms with van der Waals surface area (Å²) in [5.41, 5.74) is 2.94. The van der Waals surface area contributed by atoms with Gasteiger partial charge in [-0.2, -0.15) is 0 Å². The normalized spacial score (nSPS) is 11.0. The van der Waals surface area contributed by atoms with E-state index in [0.717, 1.165) is 11.1 Å². The maximum Gasteiger partial charge on any atom is 0.262 e. The van der Waals surface area contributed by atoms with Crippen molar-refractivity contribution in [1.29, 1.82) is 0 Å². The van der Waals surface area contributed by atoms with Crippen LogP contribution in [0.4, 0.5) is 11.4 Å². The third kappa shape index (κ3) is 5.58. The Hall–Kier alpha value is -3.32. The van der Waals surface area contributed by atoms with Gasteiger partial charge in [0.05, 0.1) is 10.6 Å². The third-order valence-corrected chi connectivity index (χ3v) is 5.61. The van der Waals surface area contributed by atoms with Gasteiger partial charge in [0, 0.05) is 5.69 Å². The average molecular weight is 410 g/mol. The second-order valence-electron chi connectivity index (χ2n) is 6.59. The second-order valence-corrected chi connectivity index (χ2v) is 8.28. The molecule has 2 N–H and O–H groups in total. The highest BCUT2D eigenvalue weighted by Crippen LogP contribution is 2.20. The van der Waals surface area contributed by atoms with Crippen molar-refractivity contribution in [1.82, 2.24) is 0 Å². The molecule has 0 unspecified atom stereocenters. The minimum absolute atomic E-state index is 0.106. The first-order valence-corrected chi connectivity index (χ1v) is 10.5. The van der Waals surface area contributed by atoms with Gasteiger partial charge in [0.25, 0.3) is 15.9 Å². The Labute approximate surface area is 170 Å². The molecule has 0 bridgehead atoms. The Morgan fingerprint density at radius 1 is 0.897 bits per heavy atom. The number of amides is 1. The quantitative estimate of drug-likeness (QED) is 0.614. The zero-order valence-corrected chi connectivity index (χ0v) is 17.0. The summed E-state index contributed by atoms with van der Waals surface area (Å²) >= 11 is 0. The van der Waals surface area contributed by atoms with Gasteiger partial charge in [-0.15, -0.1) is 0 Å². The van der Waals surface area contributed by atoms with Crippen LogP contribution in [0.1, 0.15) is 11.1 Å². The van der Waals surface area contributed by atoms with Crippen molar-refractivity contribution < 1.29 is 17.9 Å². The maximum absolute atomic E-state index is 12.6. The second kappa shape index (κ2) is 8.79. The lowest BCUT2D eigenvalue weighted by molar-refractivity contribution is -0.118. The molecule has 7 heteroatoms. The molecule has 0 saturated carbocycles. The molecular formula is C22H22N2O4S. The van der Waals surface area contributed by atoms with Crippen molar-refractivity contribution in [2.24, 2.45) is 0 Å². The van der Waals surface area contributed by atoms with E-state index in [1.165, 1.54) is 24.3 Å². The first-order chi connectivity index (χ1) is 13.8. The smallest absolute Gasteiger partial charge is 0.262 e. The summed E-state index contributed by atoms with van der Waals surface area (Å²) < 4.78 is 33.1. The number of benzene rings is 3. The molecule has 0 radical (unpaired) electrons. The Morgan fingerprint density at radius 2 is 1.55 bits per heavy atom. The minimum Gasteiger partial charge on any atom is -0.484 e. The van der Waals surface area contributed by atoms with Gasteiger partial charge in [-0.25, -0.2) is 8.42 Å². The summed E-state index contributed by atoms with van der Waals surface area (Å²) in [5, 5.41) is 2.68. The fourth-order valence-corrected chi connectivity index (χ4v) is 3.72. The predicted molar refractivity (Wildman–Crippen MR) is 114 cm³/mol. The Morgan fingerprint density at radius 3 is 2.21 bits per heavy atom. The summed E-state index contributed by atoms with van der Waals surface area (Å²) in [6.45, 7) is 3.66. The largest absolute Gasteiger partial charge is 0.484 e. The number of rotatable bonds is 7. The lowest BCUT2D eigenvalue weighted by atomic mass is 10.2. The maximum atomic E-state index is 12.6. The Kier molecular flexibility index (Phi) is 6.19. The molecule has 0 fully saturated rings. The molecule has 0 saturated heterocycles. The van der Waals surface area contributed by atoms with E-state index in [1.54, 1.807) is 24.3 Å². The molecule has 0 spiro atoms. The van der Waals surface area contributed by atoms with E-state index in [0.29, 0.717) is 17.1 Å². The van der Waals surface area contributed by atoms with Gasteiger partial charge in [0.15, 0.2) is 6.61 Å².